The van der Waals surface area contributed by atoms with Crippen molar-refractivity contribution in [2.75, 3.05) is 6.54 Å². The Morgan fingerprint density at radius 3 is 2.86 bits per heavy atom. The van der Waals surface area contributed by atoms with Crippen molar-refractivity contribution in [2.24, 2.45) is 5.73 Å². The molecule has 1 amide bonds. The first-order valence-electron chi connectivity index (χ1n) is 10.2. The Morgan fingerprint density at radius 1 is 1.36 bits per heavy atom. The predicted octanol–water partition coefficient (Wildman–Crippen LogP) is 2.26. The van der Waals surface area contributed by atoms with Gasteiger partial charge in [-0.25, -0.2) is 9.97 Å². The van der Waals surface area contributed by atoms with Gasteiger partial charge in [0.2, 0.25) is 11.8 Å². The number of amides is 1. The number of thiophene rings is 1. The number of carbonyl (C=O) groups is 1. The van der Waals surface area contributed by atoms with Crippen LogP contribution in [0.15, 0.2) is 6.33 Å². The molecule has 0 spiro atoms. The third kappa shape index (κ3) is 3.86. The number of hydrogen-bond acceptors (Lipinski definition) is 7. The Hall–Kier alpha value is -1.77. The lowest BCUT2D eigenvalue weighted by molar-refractivity contribution is -0.126. The molecule has 152 valence electrons. The van der Waals surface area contributed by atoms with Crippen LogP contribution in [0.1, 0.15) is 61.8 Å². The summed E-state index contributed by atoms with van der Waals surface area (Å²) in [6, 6.07) is 0.584. The van der Waals surface area contributed by atoms with Gasteiger partial charge in [0.25, 0.3) is 0 Å². The number of nitrogens with one attached hydrogen (secondary N) is 1. The average molecular weight is 405 g/mol. The molecule has 0 aromatic carbocycles. The first kappa shape index (κ1) is 19.5. The first-order chi connectivity index (χ1) is 13.6. The molecule has 2 aliphatic carbocycles. The van der Waals surface area contributed by atoms with Gasteiger partial charge in [0.05, 0.1) is 5.39 Å². The lowest BCUT2D eigenvalue weighted by Crippen LogP contribution is -2.36. The van der Waals surface area contributed by atoms with Gasteiger partial charge in [-0.15, -0.1) is 11.3 Å². The van der Waals surface area contributed by atoms with Crippen LogP contribution in [0.2, 0.25) is 0 Å². The molecule has 4 rings (SSSR count). The molecule has 2 atom stereocenters. The summed E-state index contributed by atoms with van der Waals surface area (Å²) in [4.78, 5) is 22.4. The Labute approximate surface area is 168 Å². The molecular weight excluding hydrogens is 376 g/mol. The first-order valence-corrected chi connectivity index (χ1v) is 11.0. The topological polar surface area (TPSA) is 110 Å². The summed E-state index contributed by atoms with van der Waals surface area (Å²) in [5.74, 6) is 0.0668. The van der Waals surface area contributed by atoms with Crippen molar-refractivity contribution in [3.63, 3.8) is 0 Å². The number of aromatic nitrogens is 2. The molecule has 0 unspecified atom stereocenters. The van der Waals surface area contributed by atoms with Crippen LogP contribution in [0.3, 0.4) is 0 Å². The summed E-state index contributed by atoms with van der Waals surface area (Å²) < 4.78 is 6.35. The SMILES string of the molecule is CCNC1CCC(Oc2ncnc3sc4c(c23)[C@@H](C[C@H](O)C(N)=O)CC4)CC1. The van der Waals surface area contributed by atoms with Crippen molar-refractivity contribution in [3.05, 3.63) is 16.8 Å². The number of fused-ring (bicyclic) bond motifs is 3. The number of ether oxygens (including phenoxy) is 1. The van der Waals surface area contributed by atoms with Crippen LogP contribution in [0.4, 0.5) is 0 Å². The van der Waals surface area contributed by atoms with Gasteiger partial charge in [0.1, 0.15) is 23.4 Å². The van der Waals surface area contributed by atoms with Crippen LogP contribution in [0, 0.1) is 0 Å². The molecule has 1 fully saturated rings. The second kappa shape index (κ2) is 8.31. The van der Waals surface area contributed by atoms with E-state index in [0.717, 1.165) is 60.8 Å². The van der Waals surface area contributed by atoms with E-state index in [1.807, 2.05) is 0 Å². The smallest absolute Gasteiger partial charge is 0.246 e. The second-order valence-corrected chi connectivity index (χ2v) is 8.92. The number of aliphatic hydroxyl groups is 1. The van der Waals surface area contributed by atoms with E-state index in [1.165, 1.54) is 4.88 Å². The Morgan fingerprint density at radius 2 is 2.14 bits per heavy atom. The number of nitrogens with zero attached hydrogens (tertiary/aromatic N) is 2. The van der Waals surface area contributed by atoms with E-state index in [0.29, 0.717) is 18.3 Å². The zero-order valence-corrected chi connectivity index (χ0v) is 17.0. The van der Waals surface area contributed by atoms with Gasteiger partial charge in [-0.05, 0) is 63.0 Å². The van der Waals surface area contributed by atoms with Crippen LogP contribution in [-0.2, 0) is 11.2 Å². The number of hydrogen-bond donors (Lipinski definition) is 3. The summed E-state index contributed by atoms with van der Waals surface area (Å²) in [7, 11) is 0. The fourth-order valence-electron chi connectivity index (χ4n) is 4.58. The van der Waals surface area contributed by atoms with Crippen LogP contribution in [-0.4, -0.2) is 45.8 Å². The highest BCUT2D eigenvalue weighted by Crippen LogP contribution is 2.47. The van der Waals surface area contributed by atoms with Gasteiger partial charge < -0.3 is 20.9 Å². The van der Waals surface area contributed by atoms with Crippen LogP contribution in [0.5, 0.6) is 5.88 Å². The standard InChI is InChI=1S/C20H28N4O3S/c1-2-22-12-4-6-13(7-5-12)27-19-17-16-11(9-14(25)18(21)26)3-8-15(16)28-20(17)24-10-23-19/h10-14,22,25H,2-9H2,1H3,(H2,21,26)/t11-,12?,13?,14+/m1/s1. The maximum absolute atomic E-state index is 11.3. The predicted molar refractivity (Wildman–Crippen MR) is 109 cm³/mol. The van der Waals surface area contributed by atoms with Crippen molar-refractivity contribution in [1.29, 1.82) is 0 Å². The number of primary amides is 1. The zero-order chi connectivity index (χ0) is 19.7. The molecule has 2 aromatic rings. The van der Waals surface area contributed by atoms with Gasteiger partial charge >= 0.3 is 0 Å². The van der Waals surface area contributed by atoms with Gasteiger partial charge in [-0.2, -0.15) is 0 Å². The summed E-state index contributed by atoms with van der Waals surface area (Å²) in [6.07, 6.45) is 7.05. The molecule has 2 aliphatic rings. The molecule has 7 nitrogen and oxygen atoms in total. The van der Waals surface area contributed by atoms with Crippen molar-refractivity contribution < 1.29 is 14.6 Å². The Kier molecular flexibility index (Phi) is 5.80. The van der Waals surface area contributed by atoms with E-state index >= 15 is 0 Å². The van der Waals surface area contributed by atoms with Crippen LogP contribution >= 0.6 is 11.3 Å². The van der Waals surface area contributed by atoms with E-state index in [2.05, 4.69) is 22.2 Å². The molecule has 0 radical (unpaired) electrons. The van der Waals surface area contributed by atoms with E-state index in [9.17, 15) is 9.90 Å². The normalized spacial score (nSPS) is 25.6. The third-order valence-corrected chi connectivity index (χ3v) is 7.15. The Bertz CT molecular complexity index is 847. The van der Waals surface area contributed by atoms with Crippen molar-refractivity contribution in [2.45, 2.75) is 76.0 Å². The second-order valence-electron chi connectivity index (χ2n) is 7.84. The van der Waals surface area contributed by atoms with Gasteiger partial charge in [0, 0.05) is 10.9 Å². The quantitative estimate of drug-likeness (QED) is 0.653. The van der Waals surface area contributed by atoms with E-state index in [-0.39, 0.29) is 12.0 Å². The maximum Gasteiger partial charge on any atom is 0.246 e. The summed E-state index contributed by atoms with van der Waals surface area (Å²) >= 11 is 1.67. The number of nitrogens with two attached hydrogens (primary N) is 1. The van der Waals surface area contributed by atoms with E-state index < -0.39 is 12.0 Å². The highest BCUT2D eigenvalue weighted by atomic mass is 32.1. The highest BCUT2D eigenvalue weighted by Gasteiger charge is 2.33. The minimum Gasteiger partial charge on any atom is -0.474 e. The minimum absolute atomic E-state index is 0.0871. The van der Waals surface area contributed by atoms with Gasteiger partial charge in [0.15, 0.2) is 0 Å². The minimum atomic E-state index is -1.12. The molecule has 1 saturated carbocycles. The van der Waals surface area contributed by atoms with Gasteiger partial charge in [-0.3, -0.25) is 4.79 Å². The molecule has 2 aromatic heterocycles. The number of rotatable bonds is 7. The summed E-state index contributed by atoms with van der Waals surface area (Å²) in [5.41, 5.74) is 6.42. The number of aliphatic hydroxyl groups excluding tert-OH is 1. The van der Waals surface area contributed by atoms with E-state index in [4.69, 9.17) is 10.5 Å². The van der Waals surface area contributed by atoms with Crippen molar-refractivity contribution >= 4 is 27.5 Å². The fraction of sp³-hybridized carbons (Fsp3) is 0.650. The lowest BCUT2D eigenvalue weighted by Gasteiger charge is -2.29. The van der Waals surface area contributed by atoms with Crippen LogP contribution < -0.4 is 15.8 Å². The summed E-state index contributed by atoms with van der Waals surface area (Å²) in [6.45, 7) is 3.14. The molecule has 8 heteroatoms. The molecule has 0 aliphatic heterocycles. The van der Waals surface area contributed by atoms with Crippen molar-refractivity contribution in [3.8, 4) is 5.88 Å². The maximum atomic E-state index is 11.3. The lowest BCUT2D eigenvalue weighted by atomic mass is 9.92. The highest BCUT2D eigenvalue weighted by molar-refractivity contribution is 7.19. The van der Waals surface area contributed by atoms with Crippen molar-refractivity contribution in [1.82, 2.24) is 15.3 Å². The largest absolute Gasteiger partial charge is 0.474 e. The molecule has 4 N–H and O–H groups in total. The van der Waals surface area contributed by atoms with Gasteiger partial charge in [-0.1, -0.05) is 6.92 Å². The molecule has 0 bridgehead atoms. The number of carbonyl (C=O) groups excluding carboxylic acids is 1. The number of aryl methyl sites for hydroxylation is 1. The average Bonchev–Trinajstić information content (AvgIpc) is 3.23. The zero-order valence-electron chi connectivity index (χ0n) is 16.2. The third-order valence-electron chi connectivity index (χ3n) is 5.98. The molecule has 0 saturated heterocycles. The molecular formula is C20H28N4O3S. The Balaban J connectivity index is 1.56. The summed E-state index contributed by atoms with van der Waals surface area (Å²) in [5, 5.41) is 14.5. The van der Waals surface area contributed by atoms with E-state index in [1.54, 1.807) is 17.7 Å². The monoisotopic (exact) mass is 404 g/mol. The molecule has 2 heterocycles. The molecule has 28 heavy (non-hydrogen) atoms. The fourth-order valence-corrected chi connectivity index (χ4v) is 5.81. The van der Waals surface area contributed by atoms with Crippen LogP contribution in [0.25, 0.3) is 10.2 Å².